The number of aryl methyl sites for hydroxylation is 2. The van der Waals surface area contributed by atoms with Crippen LogP contribution in [-0.2, 0) is 9.47 Å². The third-order valence-corrected chi connectivity index (χ3v) is 15.9. The van der Waals surface area contributed by atoms with E-state index in [0.717, 1.165) is 121 Å². The average Bonchev–Trinajstić information content (AvgIpc) is 4.11. The number of anilines is 4. The normalized spacial score (nSPS) is 21.8. The van der Waals surface area contributed by atoms with Gasteiger partial charge < -0.3 is 45.0 Å². The third kappa shape index (κ3) is 14.9. The molecule has 3 N–H and O–H groups in total. The number of likely N-dealkylation sites (tertiary alicyclic amines) is 2. The molecule has 0 spiro atoms. The van der Waals surface area contributed by atoms with E-state index in [0.29, 0.717) is 75.6 Å². The van der Waals surface area contributed by atoms with Gasteiger partial charge in [0.1, 0.15) is 11.6 Å². The van der Waals surface area contributed by atoms with Crippen LogP contribution >= 0.6 is 0 Å². The Labute approximate surface area is 442 Å². The van der Waals surface area contributed by atoms with Crippen LogP contribution in [0.2, 0.25) is 0 Å². The van der Waals surface area contributed by atoms with Gasteiger partial charge in [-0.25, -0.2) is 19.6 Å². The molecule has 76 heavy (non-hydrogen) atoms. The van der Waals surface area contributed by atoms with Gasteiger partial charge in [-0.3, -0.25) is 0 Å². The lowest BCUT2D eigenvalue weighted by Gasteiger charge is -2.30. The molecule has 7 heterocycles. The molecule has 5 aliphatic heterocycles. The molecule has 5 saturated heterocycles. The number of hydrogen-bond donors (Lipinski definition) is 3. The molecular formula is C57H73F6N9O4. The first kappa shape index (κ1) is 55.1. The number of ether oxygens (including phenoxy) is 2. The first-order valence-electron chi connectivity index (χ1n) is 27.4. The minimum atomic E-state index is -4.21. The maximum atomic E-state index is 12.9. The number of alkyl halides is 6. The molecule has 412 valence electrons. The number of halogens is 6. The zero-order valence-corrected chi connectivity index (χ0v) is 43.8. The number of rotatable bonds is 10. The number of hydrogen-bond acceptors (Lipinski definition) is 9. The summed E-state index contributed by atoms with van der Waals surface area (Å²) in [6.07, 6.45) is -1.13. The standard InChI is InChI=1S/C29H37F3N4O2.C28H36F3N5O2/c1-20-7-8-24(33-28(37)36-10-9-21(19-36)18-29(30,31)32)17-25(20)23-15-26(22-5-3-2-4-6-22)34-27(16-23)35-11-13-38-14-12-35;1-19-4-5-23(33-27(37)36-8-6-20(18-36)16-28(29,30)31)15-24(19)22-13-25(21-3-2-7-32-17-21)34-26(14-22)35-9-11-38-12-10-35/h7-8,15-17,21-22H,2-6,9-14,18-19H2,1H3,(H,33,37);4-5,13-15,20-21,32H,2-3,6-12,16-18H2,1H3,(H,33,37)/t21-;20-,21?/m00/s1. The van der Waals surface area contributed by atoms with E-state index < -0.39 is 37.0 Å². The third-order valence-electron chi connectivity index (χ3n) is 15.9. The Morgan fingerprint density at radius 2 is 1.03 bits per heavy atom. The van der Waals surface area contributed by atoms with Gasteiger partial charge in [0.2, 0.25) is 0 Å². The van der Waals surface area contributed by atoms with Crippen LogP contribution in [0.15, 0.2) is 60.7 Å². The van der Waals surface area contributed by atoms with E-state index in [1.165, 1.54) is 29.1 Å². The van der Waals surface area contributed by atoms with E-state index in [4.69, 9.17) is 19.4 Å². The number of nitrogens with one attached hydrogen (secondary N) is 3. The molecule has 13 nitrogen and oxygen atoms in total. The molecule has 10 rings (SSSR count). The molecule has 6 fully saturated rings. The molecule has 0 radical (unpaired) electrons. The minimum Gasteiger partial charge on any atom is -0.378 e. The van der Waals surface area contributed by atoms with Gasteiger partial charge in [0.15, 0.2) is 0 Å². The predicted molar refractivity (Wildman–Crippen MR) is 284 cm³/mol. The highest BCUT2D eigenvalue weighted by atomic mass is 19.4. The summed E-state index contributed by atoms with van der Waals surface area (Å²) in [6.45, 7) is 12.9. The van der Waals surface area contributed by atoms with Crippen LogP contribution in [-0.4, -0.2) is 136 Å². The maximum absolute atomic E-state index is 12.9. The topological polar surface area (TPSA) is 127 Å². The Hall–Kier alpha value is -5.66. The number of piperidine rings is 1. The molecule has 2 aromatic heterocycles. The van der Waals surface area contributed by atoms with Crippen molar-refractivity contribution in [2.24, 2.45) is 11.8 Å². The number of carbonyl (C=O) groups excluding carboxylic acids is 2. The van der Waals surface area contributed by atoms with E-state index in [2.05, 4.69) is 56.9 Å². The van der Waals surface area contributed by atoms with Crippen molar-refractivity contribution in [3.05, 3.63) is 83.2 Å². The zero-order valence-electron chi connectivity index (χ0n) is 43.8. The van der Waals surface area contributed by atoms with Crippen LogP contribution in [0, 0.1) is 25.7 Å². The number of carbonyl (C=O) groups is 2. The van der Waals surface area contributed by atoms with Crippen LogP contribution in [0.5, 0.6) is 0 Å². The van der Waals surface area contributed by atoms with Crippen molar-refractivity contribution >= 4 is 35.1 Å². The van der Waals surface area contributed by atoms with Gasteiger partial charge in [0.25, 0.3) is 0 Å². The summed E-state index contributed by atoms with van der Waals surface area (Å²) in [7, 11) is 0. The molecule has 1 aliphatic carbocycles. The summed E-state index contributed by atoms with van der Waals surface area (Å²) in [5.41, 5.74) is 9.75. The lowest BCUT2D eigenvalue weighted by molar-refractivity contribution is -0.144. The van der Waals surface area contributed by atoms with Gasteiger partial charge in [-0.2, -0.15) is 26.3 Å². The summed E-state index contributed by atoms with van der Waals surface area (Å²) in [5, 5.41) is 9.33. The summed E-state index contributed by atoms with van der Waals surface area (Å²) >= 11 is 0. The molecule has 2 aromatic carbocycles. The van der Waals surface area contributed by atoms with Gasteiger partial charge in [0, 0.05) is 106 Å². The zero-order chi connectivity index (χ0) is 53.4. The monoisotopic (exact) mass is 1060 g/mol. The van der Waals surface area contributed by atoms with Crippen molar-refractivity contribution in [1.29, 1.82) is 0 Å². The Bertz CT molecular complexity index is 2360. The fourth-order valence-electron chi connectivity index (χ4n) is 11.7. The fourth-order valence-corrected chi connectivity index (χ4v) is 11.7. The molecule has 4 amide bonds. The molecule has 3 atom stereocenters. The fraction of sp³-hybridized carbons (Fsp3) is 0.579. The largest absolute Gasteiger partial charge is 0.389 e. The van der Waals surface area contributed by atoms with Crippen molar-refractivity contribution in [2.45, 2.75) is 109 Å². The van der Waals surface area contributed by atoms with Crippen molar-refractivity contribution in [3.63, 3.8) is 0 Å². The molecule has 0 bridgehead atoms. The van der Waals surface area contributed by atoms with E-state index in [9.17, 15) is 35.9 Å². The van der Waals surface area contributed by atoms with E-state index in [1.54, 1.807) is 0 Å². The van der Waals surface area contributed by atoms with Crippen molar-refractivity contribution in [2.75, 3.05) is 112 Å². The highest BCUT2D eigenvalue weighted by molar-refractivity contribution is 5.92. The predicted octanol–water partition coefficient (Wildman–Crippen LogP) is 11.9. The van der Waals surface area contributed by atoms with E-state index >= 15 is 0 Å². The second kappa shape index (κ2) is 24.8. The summed E-state index contributed by atoms with van der Waals surface area (Å²) in [5.74, 6) is 1.61. The Kier molecular flexibility index (Phi) is 18.0. The Morgan fingerprint density at radius 1 is 0.579 bits per heavy atom. The highest BCUT2D eigenvalue weighted by Crippen LogP contribution is 2.39. The lowest BCUT2D eigenvalue weighted by atomic mass is 9.85. The van der Waals surface area contributed by atoms with Crippen molar-refractivity contribution < 1.29 is 45.4 Å². The number of amides is 4. The first-order valence-corrected chi connectivity index (χ1v) is 27.4. The minimum absolute atomic E-state index is 0.121. The van der Waals surface area contributed by atoms with Gasteiger partial charge in [-0.15, -0.1) is 0 Å². The second-order valence-corrected chi connectivity index (χ2v) is 21.6. The van der Waals surface area contributed by atoms with Gasteiger partial charge >= 0.3 is 24.4 Å². The molecule has 1 saturated carbocycles. The molecule has 6 aliphatic rings. The molecular weight excluding hydrogens is 989 g/mol. The average molecular weight is 1060 g/mol. The van der Waals surface area contributed by atoms with Crippen molar-refractivity contribution in [1.82, 2.24) is 25.1 Å². The van der Waals surface area contributed by atoms with Gasteiger partial charge in [0.05, 0.1) is 26.4 Å². The van der Waals surface area contributed by atoms with Crippen LogP contribution in [0.25, 0.3) is 22.3 Å². The number of pyridine rings is 2. The molecule has 1 unspecified atom stereocenters. The quantitative estimate of drug-likeness (QED) is 0.133. The number of nitrogens with zero attached hydrogens (tertiary/aromatic N) is 6. The summed E-state index contributed by atoms with van der Waals surface area (Å²) < 4.78 is 87.8. The number of benzene rings is 2. The summed E-state index contributed by atoms with van der Waals surface area (Å²) in [4.78, 5) is 43.4. The van der Waals surface area contributed by atoms with Crippen LogP contribution < -0.4 is 25.8 Å². The maximum Gasteiger partial charge on any atom is 0.389 e. The van der Waals surface area contributed by atoms with Crippen molar-refractivity contribution in [3.8, 4) is 22.3 Å². The van der Waals surface area contributed by atoms with E-state index in [-0.39, 0.29) is 25.2 Å². The Balaban J connectivity index is 0.000000186. The molecule has 4 aromatic rings. The first-order chi connectivity index (χ1) is 36.5. The second-order valence-electron chi connectivity index (χ2n) is 21.6. The van der Waals surface area contributed by atoms with Gasteiger partial charge in [-0.05, 0) is 153 Å². The Morgan fingerprint density at radius 3 is 1.46 bits per heavy atom. The number of aromatic nitrogens is 2. The SMILES string of the molecule is Cc1ccc(NC(=O)N2CC[C@@H](CC(F)(F)F)C2)cc1-c1cc(C2CCCCC2)nc(N2CCOCC2)c1.Cc1ccc(NC(=O)N2CC[C@@H](CC(F)(F)F)C2)cc1-c1cc(C2CCCNC2)nc(N2CCOCC2)c1. The van der Waals surface area contributed by atoms with Gasteiger partial charge in [-0.1, -0.05) is 31.4 Å². The smallest absolute Gasteiger partial charge is 0.378 e. The summed E-state index contributed by atoms with van der Waals surface area (Å²) in [6, 6.07) is 19.5. The highest BCUT2D eigenvalue weighted by Gasteiger charge is 2.38. The van der Waals surface area contributed by atoms with Crippen LogP contribution in [0.3, 0.4) is 0 Å². The number of morpholine rings is 2. The van der Waals surface area contributed by atoms with E-state index in [1.807, 2.05) is 43.3 Å². The van der Waals surface area contributed by atoms with Crippen LogP contribution in [0.1, 0.15) is 105 Å². The lowest BCUT2D eigenvalue weighted by Crippen LogP contribution is -2.37. The molecule has 19 heteroatoms. The van der Waals surface area contributed by atoms with Crippen LogP contribution in [0.4, 0.5) is 58.9 Å². The number of urea groups is 2.